The van der Waals surface area contributed by atoms with Crippen LogP contribution in [-0.4, -0.2) is 29.6 Å². The molecule has 0 radical (unpaired) electrons. The Bertz CT molecular complexity index is 184. The van der Waals surface area contributed by atoms with Gasteiger partial charge in [0, 0.05) is 13.0 Å². The average molecular weight is 189 g/mol. The molecule has 2 amide bonds. The van der Waals surface area contributed by atoms with Crippen LogP contribution < -0.4 is 16.6 Å². The molecule has 0 aliphatic heterocycles. The highest BCUT2D eigenvalue weighted by Crippen LogP contribution is 1.91. The van der Waals surface area contributed by atoms with Crippen molar-refractivity contribution >= 4 is 11.8 Å². The molecule has 1 unspecified atom stereocenters. The Morgan fingerprint density at radius 1 is 1.54 bits per heavy atom. The van der Waals surface area contributed by atoms with Gasteiger partial charge >= 0.3 is 0 Å². The second-order valence-corrected chi connectivity index (χ2v) is 2.49. The number of carbonyl (C=O) groups is 2. The lowest BCUT2D eigenvalue weighted by Crippen LogP contribution is -2.49. The second-order valence-electron chi connectivity index (χ2n) is 2.49. The van der Waals surface area contributed by atoms with Gasteiger partial charge in [0.25, 0.3) is 5.91 Å². The van der Waals surface area contributed by atoms with Crippen LogP contribution in [0.4, 0.5) is 0 Å². The van der Waals surface area contributed by atoms with Crippen molar-refractivity contribution in [1.82, 2.24) is 10.7 Å². The normalized spacial score (nSPS) is 11.9. The maximum atomic E-state index is 11.0. The van der Waals surface area contributed by atoms with Crippen molar-refractivity contribution in [2.24, 2.45) is 5.84 Å². The fourth-order valence-corrected chi connectivity index (χ4v) is 0.795. The highest BCUT2D eigenvalue weighted by molar-refractivity contribution is 5.87. The molecule has 0 aliphatic carbocycles. The third-order valence-corrected chi connectivity index (χ3v) is 1.53. The van der Waals surface area contributed by atoms with E-state index in [1.165, 1.54) is 0 Å². The molecular formula is C7H15N3O3. The molecule has 0 heterocycles. The number of rotatable bonds is 5. The van der Waals surface area contributed by atoms with Gasteiger partial charge in [-0.1, -0.05) is 6.92 Å². The van der Waals surface area contributed by atoms with Gasteiger partial charge < -0.3 is 10.4 Å². The number of nitrogens with two attached hydrogens (primary N) is 1. The fourth-order valence-electron chi connectivity index (χ4n) is 0.795. The van der Waals surface area contributed by atoms with Crippen molar-refractivity contribution in [1.29, 1.82) is 0 Å². The number of carbonyl (C=O) groups excluding carboxylic acids is 2. The van der Waals surface area contributed by atoms with Gasteiger partial charge in [0.2, 0.25) is 5.91 Å². The number of amides is 2. The minimum absolute atomic E-state index is 0.161. The van der Waals surface area contributed by atoms with Crippen LogP contribution in [0.15, 0.2) is 0 Å². The number of hydrogen-bond acceptors (Lipinski definition) is 4. The van der Waals surface area contributed by atoms with E-state index in [0.717, 1.165) is 0 Å². The lowest BCUT2D eigenvalue weighted by molar-refractivity contribution is -0.129. The SMILES string of the molecule is CCC(=O)NC(CCO)C(=O)NN. The highest BCUT2D eigenvalue weighted by Gasteiger charge is 2.17. The van der Waals surface area contributed by atoms with Gasteiger partial charge in [-0.15, -0.1) is 0 Å². The fraction of sp³-hybridized carbons (Fsp3) is 0.714. The van der Waals surface area contributed by atoms with E-state index in [2.05, 4.69) is 5.32 Å². The standard InChI is InChI=1S/C7H15N3O3/c1-2-6(12)9-5(3-4-11)7(13)10-8/h5,11H,2-4,8H2,1H3,(H,9,12)(H,10,13). The molecule has 0 spiro atoms. The molecule has 13 heavy (non-hydrogen) atoms. The molecule has 76 valence electrons. The number of hydrazine groups is 1. The van der Waals surface area contributed by atoms with E-state index in [4.69, 9.17) is 10.9 Å². The van der Waals surface area contributed by atoms with Crippen molar-refractivity contribution in [3.63, 3.8) is 0 Å². The molecule has 1 atom stereocenters. The largest absolute Gasteiger partial charge is 0.396 e. The number of aliphatic hydroxyl groups is 1. The Morgan fingerprint density at radius 2 is 2.15 bits per heavy atom. The summed E-state index contributed by atoms with van der Waals surface area (Å²) in [6.07, 6.45) is 0.453. The van der Waals surface area contributed by atoms with Crippen LogP contribution in [0.3, 0.4) is 0 Å². The Balaban J connectivity index is 4.08. The first kappa shape index (κ1) is 11.9. The number of nitrogens with one attached hydrogen (secondary N) is 2. The van der Waals surface area contributed by atoms with Gasteiger partial charge in [-0.3, -0.25) is 15.0 Å². The molecule has 0 rings (SSSR count). The minimum Gasteiger partial charge on any atom is -0.396 e. The van der Waals surface area contributed by atoms with Crippen LogP contribution in [0.1, 0.15) is 19.8 Å². The van der Waals surface area contributed by atoms with Gasteiger partial charge in [0.1, 0.15) is 6.04 Å². The van der Waals surface area contributed by atoms with Crippen LogP contribution in [0.5, 0.6) is 0 Å². The highest BCUT2D eigenvalue weighted by atomic mass is 16.3. The van der Waals surface area contributed by atoms with Crippen molar-refractivity contribution < 1.29 is 14.7 Å². The molecule has 0 aromatic heterocycles. The summed E-state index contributed by atoms with van der Waals surface area (Å²) >= 11 is 0. The summed E-state index contributed by atoms with van der Waals surface area (Å²) in [5, 5.41) is 11.0. The molecular weight excluding hydrogens is 174 g/mol. The zero-order chi connectivity index (χ0) is 10.3. The summed E-state index contributed by atoms with van der Waals surface area (Å²) in [5.74, 6) is 4.14. The minimum atomic E-state index is -0.748. The van der Waals surface area contributed by atoms with Gasteiger partial charge in [-0.05, 0) is 6.42 Å². The summed E-state index contributed by atoms with van der Waals surface area (Å²) in [4.78, 5) is 21.9. The summed E-state index contributed by atoms with van der Waals surface area (Å²) in [5.41, 5.74) is 1.91. The molecule has 0 saturated carbocycles. The van der Waals surface area contributed by atoms with Crippen LogP contribution in [0, 0.1) is 0 Å². The van der Waals surface area contributed by atoms with Crippen molar-refractivity contribution in [2.45, 2.75) is 25.8 Å². The lowest BCUT2D eigenvalue weighted by Gasteiger charge is -2.14. The monoisotopic (exact) mass is 189 g/mol. The Morgan fingerprint density at radius 3 is 2.54 bits per heavy atom. The Labute approximate surface area is 76.5 Å². The second kappa shape index (κ2) is 6.38. The molecule has 0 saturated heterocycles. The maximum absolute atomic E-state index is 11.0. The summed E-state index contributed by atoms with van der Waals surface area (Å²) in [6, 6.07) is -0.748. The molecule has 0 aliphatic rings. The van der Waals surface area contributed by atoms with Gasteiger partial charge in [0.05, 0.1) is 0 Å². The first-order valence-corrected chi connectivity index (χ1v) is 4.06. The molecule has 6 nitrogen and oxygen atoms in total. The molecule has 0 fully saturated rings. The lowest BCUT2D eigenvalue weighted by atomic mass is 10.2. The van der Waals surface area contributed by atoms with Crippen molar-refractivity contribution in [3.8, 4) is 0 Å². The van der Waals surface area contributed by atoms with Crippen LogP contribution >= 0.6 is 0 Å². The quantitative estimate of drug-likeness (QED) is 0.234. The van der Waals surface area contributed by atoms with Crippen LogP contribution in [0.2, 0.25) is 0 Å². The number of aliphatic hydroxyl groups excluding tert-OH is 1. The van der Waals surface area contributed by atoms with Crippen LogP contribution in [0.25, 0.3) is 0 Å². The molecule has 5 N–H and O–H groups in total. The van der Waals surface area contributed by atoms with E-state index in [1.807, 2.05) is 5.43 Å². The van der Waals surface area contributed by atoms with Crippen molar-refractivity contribution in [2.75, 3.05) is 6.61 Å². The summed E-state index contributed by atoms with van der Waals surface area (Å²) in [7, 11) is 0. The molecule has 0 aromatic rings. The molecule has 6 heteroatoms. The Hall–Kier alpha value is -1.14. The topological polar surface area (TPSA) is 104 Å². The summed E-state index contributed by atoms with van der Waals surface area (Å²) in [6.45, 7) is 1.49. The number of hydrogen-bond donors (Lipinski definition) is 4. The van der Waals surface area contributed by atoms with Gasteiger partial charge in [-0.25, -0.2) is 5.84 Å². The van der Waals surface area contributed by atoms with E-state index < -0.39 is 11.9 Å². The first-order valence-electron chi connectivity index (χ1n) is 4.06. The zero-order valence-corrected chi connectivity index (χ0v) is 7.54. The summed E-state index contributed by atoms with van der Waals surface area (Å²) < 4.78 is 0. The molecule has 0 bridgehead atoms. The Kier molecular flexibility index (Phi) is 5.82. The van der Waals surface area contributed by atoms with E-state index >= 15 is 0 Å². The van der Waals surface area contributed by atoms with E-state index in [0.29, 0.717) is 6.42 Å². The van der Waals surface area contributed by atoms with Crippen molar-refractivity contribution in [3.05, 3.63) is 0 Å². The zero-order valence-electron chi connectivity index (χ0n) is 7.54. The van der Waals surface area contributed by atoms with Gasteiger partial charge in [-0.2, -0.15) is 0 Å². The van der Waals surface area contributed by atoms with E-state index in [9.17, 15) is 9.59 Å². The maximum Gasteiger partial charge on any atom is 0.256 e. The third kappa shape index (κ3) is 4.44. The predicted molar refractivity (Wildman–Crippen MR) is 46.3 cm³/mol. The first-order chi connectivity index (χ1) is 6.15. The smallest absolute Gasteiger partial charge is 0.256 e. The van der Waals surface area contributed by atoms with E-state index in [1.54, 1.807) is 6.92 Å². The van der Waals surface area contributed by atoms with Gasteiger partial charge in [0.15, 0.2) is 0 Å². The average Bonchev–Trinajstić information content (AvgIpc) is 2.15. The third-order valence-electron chi connectivity index (χ3n) is 1.53. The molecule has 0 aromatic carbocycles. The predicted octanol–water partition coefficient (Wildman–Crippen LogP) is -1.75. The van der Waals surface area contributed by atoms with E-state index in [-0.39, 0.29) is 18.9 Å². The van der Waals surface area contributed by atoms with Crippen LogP contribution in [-0.2, 0) is 9.59 Å².